The summed E-state index contributed by atoms with van der Waals surface area (Å²) in [5, 5.41) is 15.7. The fourth-order valence-corrected chi connectivity index (χ4v) is 4.12. The quantitative estimate of drug-likeness (QED) is 0.288. The van der Waals surface area contributed by atoms with E-state index in [1.54, 1.807) is 53.1 Å². The van der Waals surface area contributed by atoms with Gasteiger partial charge >= 0.3 is 0 Å². The van der Waals surface area contributed by atoms with E-state index in [-0.39, 0.29) is 17.6 Å². The maximum Gasteiger partial charge on any atom is 0.251 e. The largest absolute Gasteiger partial charge is 0.495 e. The van der Waals surface area contributed by atoms with Crippen LogP contribution in [0.1, 0.15) is 29.1 Å². The first-order valence-electron chi connectivity index (χ1n) is 10.2. The Morgan fingerprint density at radius 3 is 2.56 bits per heavy atom. The van der Waals surface area contributed by atoms with Crippen LogP contribution in [0.5, 0.6) is 5.75 Å². The molecule has 0 radical (unpaired) electrons. The summed E-state index contributed by atoms with van der Waals surface area (Å²) in [5.41, 5.74) is 0.959. The smallest absolute Gasteiger partial charge is 0.251 e. The Kier molecular flexibility index (Phi) is 8.98. The average molecular weight is 520 g/mol. The number of nitrogens with one attached hydrogen (secondary N) is 2. The molecule has 0 saturated heterocycles. The fraction of sp³-hybridized carbons (Fsp3) is 0.217. The Labute approximate surface area is 211 Å². The first-order valence-corrected chi connectivity index (χ1v) is 11.9. The lowest BCUT2D eigenvalue weighted by molar-refractivity contribution is -0.113. The van der Waals surface area contributed by atoms with Gasteiger partial charge in [-0.05, 0) is 49.4 Å². The molecule has 0 aliphatic carbocycles. The minimum absolute atomic E-state index is 0.0798. The van der Waals surface area contributed by atoms with Gasteiger partial charge in [-0.15, -0.1) is 16.8 Å². The van der Waals surface area contributed by atoms with Gasteiger partial charge < -0.3 is 19.9 Å². The van der Waals surface area contributed by atoms with Crippen LogP contribution in [-0.4, -0.2) is 39.4 Å². The summed E-state index contributed by atoms with van der Waals surface area (Å²) in [7, 11) is 1.51. The topological polar surface area (TPSA) is 98.1 Å². The fourth-order valence-electron chi connectivity index (χ4n) is 3.07. The zero-order chi connectivity index (χ0) is 24.7. The molecule has 0 aliphatic rings. The van der Waals surface area contributed by atoms with E-state index in [1.807, 2.05) is 6.92 Å². The molecular weight excluding hydrogens is 497 g/mol. The molecule has 1 atom stereocenters. The van der Waals surface area contributed by atoms with Gasteiger partial charge in [0.05, 0.1) is 24.6 Å². The van der Waals surface area contributed by atoms with Crippen molar-refractivity contribution in [3.05, 3.63) is 76.6 Å². The van der Waals surface area contributed by atoms with E-state index in [0.717, 1.165) is 0 Å². The molecular formula is C23H23Cl2N5O3S. The number of hydrogen-bond donors (Lipinski definition) is 2. The van der Waals surface area contributed by atoms with Gasteiger partial charge in [-0.1, -0.05) is 41.0 Å². The molecule has 2 N–H and O–H groups in total. The van der Waals surface area contributed by atoms with Crippen molar-refractivity contribution in [3.8, 4) is 5.75 Å². The van der Waals surface area contributed by atoms with E-state index in [0.29, 0.717) is 44.6 Å². The third-order valence-corrected chi connectivity index (χ3v) is 6.12. The van der Waals surface area contributed by atoms with Crippen LogP contribution >= 0.6 is 35.0 Å². The lowest BCUT2D eigenvalue weighted by Crippen LogP contribution is -2.28. The summed E-state index contributed by atoms with van der Waals surface area (Å²) < 4.78 is 7.06. The molecule has 2 amide bonds. The van der Waals surface area contributed by atoms with Crippen molar-refractivity contribution >= 4 is 52.5 Å². The van der Waals surface area contributed by atoms with E-state index >= 15 is 0 Å². The highest BCUT2D eigenvalue weighted by Crippen LogP contribution is 2.28. The maximum absolute atomic E-state index is 12.6. The molecule has 0 bridgehead atoms. The highest BCUT2D eigenvalue weighted by molar-refractivity contribution is 7.99. The van der Waals surface area contributed by atoms with Gasteiger partial charge in [0.25, 0.3) is 5.91 Å². The van der Waals surface area contributed by atoms with Crippen LogP contribution in [0, 0.1) is 0 Å². The molecule has 0 aliphatic heterocycles. The van der Waals surface area contributed by atoms with Gasteiger partial charge in [-0.3, -0.25) is 9.59 Å². The number of anilines is 1. The second-order valence-corrected chi connectivity index (χ2v) is 8.94. The molecule has 0 saturated carbocycles. The van der Waals surface area contributed by atoms with Gasteiger partial charge in [-0.2, -0.15) is 0 Å². The number of methoxy groups -OCH3 is 1. The van der Waals surface area contributed by atoms with Gasteiger partial charge in [0.1, 0.15) is 5.75 Å². The summed E-state index contributed by atoms with van der Waals surface area (Å²) >= 11 is 13.1. The number of ether oxygens (including phenoxy) is 1. The van der Waals surface area contributed by atoms with Crippen LogP contribution in [-0.2, 0) is 11.3 Å². The lowest BCUT2D eigenvalue weighted by Gasteiger charge is -2.15. The van der Waals surface area contributed by atoms with Crippen molar-refractivity contribution in [2.75, 3.05) is 18.2 Å². The van der Waals surface area contributed by atoms with Crippen molar-refractivity contribution in [3.63, 3.8) is 0 Å². The van der Waals surface area contributed by atoms with E-state index in [9.17, 15) is 9.59 Å². The molecule has 8 nitrogen and oxygen atoms in total. The monoisotopic (exact) mass is 519 g/mol. The average Bonchev–Trinajstić information content (AvgIpc) is 3.21. The van der Waals surface area contributed by atoms with Crippen molar-refractivity contribution < 1.29 is 14.3 Å². The van der Waals surface area contributed by atoms with E-state index < -0.39 is 6.04 Å². The molecule has 1 heterocycles. The first-order chi connectivity index (χ1) is 16.3. The number of allylic oxidation sites excluding steroid dienone is 1. The van der Waals surface area contributed by atoms with Crippen molar-refractivity contribution in [2.24, 2.45) is 0 Å². The summed E-state index contributed by atoms with van der Waals surface area (Å²) in [6, 6.07) is 11.1. The molecule has 3 rings (SSSR count). The number of halogens is 2. The molecule has 34 heavy (non-hydrogen) atoms. The Hall–Kier alpha value is -3.01. The number of rotatable bonds is 10. The van der Waals surface area contributed by atoms with Gasteiger partial charge in [0.15, 0.2) is 11.0 Å². The third kappa shape index (κ3) is 6.53. The van der Waals surface area contributed by atoms with E-state index in [1.165, 1.54) is 18.9 Å². The number of nitrogens with zero attached hydrogens (tertiary/aromatic N) is 3. The van der Waals surface area contributed by atoms with Crippen molar-refractivity contribution in [1.82, 2.24) is 20.1 Å². The summed E-state index contributed by atoms with van der Waals surface area (Å²) in [4.78, 5) is 25.1. The highest BCUT2D eigenvalue weighted by atomic mass is 35.5. The molecule has 3 aromatic rings. The standard InChI is InChI=1S/C23H23Cl2N5O3S/c1-4-11-30-21(14(2)26-22(32)15-5-7-16(24)8-6-15)28-29-23(30)34-13-20(31)27-18-12-17(25)9-10-19(18)33-3/h4-10,12,14H,1,11,13H2,2-3H3,(H,26,32)(H,27,31)/t14-/m1/s1. The second-order valence-electron chi connectivity index (χ2n) is 7.12. The van der Waals surface area contributed by atoms with Crippen LogP contribution in [0.3, 0.4) is 0 Å². The van der Waals surface area contributed by atoms with E-state index in [2.05, 4.69) is 27.4 Å². The zero-order valence-electron chi connectivity index (χ0n) is 18.5. The SMILES string of the molecule is C=CCn1c(SCC(=O)Nc2cc(Cl)ccc2OC)nnc1[C@@H](C)NC(=O)c1ccc(Cl)cc1. The van der Waals surface area contributed by atoms with Crippen LogP contribution in [0.25, 0.3) is 0 Å². The molecule has 1 aromatic heterocycles. The number of aromatic nitrogens is 3. The Morgan fingerprint density at radius 1 is 1.18 bits per heavy atom. The zero-order valence-corrected chi connectivity index (χ0v) is 20.9. The van der Waals surface area contributed by atoms with Crippen molar-refractivity contribution in [1.29, 1.82) is 0 Å². The number of carbonyl (C=O) groups is 2. The number of amides is 2. The Balaban J connectivity index is 1.68. The highest BCUT2D eigenvalue weighted by Gasteiger charge is 2.21. The number of thioether (sulfide) groups is 1. The minimum Gasteiger partial charge on any atom is -0.495 e. The summed E-state index contributed by atoms with van der Waals surface area (Å²) in [5.74, 6) is 0.605. The number of carbonyl (C=O) groups excluding carboxylic acids is 2. The Morgan fingerprint density at radius 2 is 1.88 bits per heavy atom. The maximum atomic E-state index is 12.6. The van der Waals surface area contributed by atoms with Crippen LogP contribution < -0.4 is 15.4 Å². The van der Waals surface area contributed by atoms with Crippen LogP contribution in [0.2, 0.25) is 10.0 Å². The normalized spacial score (nSPS) is 11.5. The third-order valence-electron chi connectivity index (χ3n) is 4.67. The molecule has 0 unspecified atom stereocenters. The van der Waals surface area contributed by atoms with Gasteiger partial charge in [0, 0.05) is 22.2 Å². The Bertz CT molecular complexity index is 1180. The number of hydrogen-bond acceptors (Lipinski definition) is 6. The van der Waals surface area contributed by atoms with Crippen LogP contribution in [0.15, 0.2) is 60.3 Å². The van der Waals surface area contributed by atoms with Gasteiger partial charge in [0.2, 0.25) is 5.91 Å². The molecule has 178 valence electrons. The predicted octanol–water partition coefficient (Wildman–Crippen LogP) is 5.00. The molecule has 11 heteroatoms. The summed E-state index contributed by atoms with van der Waals surface area (Å²) in [6.07, 6.45) is 1.70. The summed E-state index contributed by atoms with van der Waals surface area (Å²) in [6.45, 7) is 6.00. The second kappa shape index (κ2) is 11.9. The molecule has 0 fully saturated rings. The molecule has 0 spiro atoms. The van der Waals surface area contributed by atoms with Crippen LogP contribution in [0.4, 0.5) is 5.69 Å². The molecule has 2 aromatic carbocycles. The van der Waals surface area contributed by atoms with Gasteiger partial charge in [-0.25, -0.2) is 0 Å². The predicted molar refractivity (Wildman–Crippen MR) is 135 cm³/mol. The van der Waals surface area contributed by atoms with E-state index in [4.69, 9.17) is 27.9 Å². The lowest BCUT2D eigenvalue weighted by atomic mass is 10.2. The first kappa shape index (κ1) is 25.6. The minimum atomic E-state index is -0.436. The van der Waals surface area contributed by atoms with Crippen molar-refractivity contribution in [2.45, 2.75) is 24.7 Å². The number of benzene rings is 2.